The van der Waals surface area contributed by atoms with Crippen LogP contribution in [0.5, 0.6) is 11.5 Å². The van der Waals surface area contributed by atoms with Crippen LogP contribution in [-0.4, -0.2) is 56.8 Å². The molecule has 1 aliphatic carbocycles. The van der Waals surface area contributed by atoms with Gasteiger partial charge in [0.05, 0.1) is 11.9 Å². The van der Waals surface area contributed by atoms with Gasteiger partial charge in [-0.05, 0) is 56.0 Å². The minimum atomic E-state index is -3.61. The van der Waals surface area contributed by atoms with Crippen LogP contribution in [0.1, 0.15) is 57.4 Å². The third-order valence-corrected chi connectivity index (χ3v) is 8.90. The summed E-state index contributed by atoms with van der Waals surface area (Å²) in [5, 5.41) is 3.14. The van der Waals surface area contributed by atoms with E-state index in [-0.39, 0.29) is 50.6 Å². The Morgan fingerprint density at radius 1 is 1.05 bits per heavy atom. The minimum absolute atomic E-state index is 0.0902. The van der Waals surface area contributed by atoms with Crippen LogP contribution >= 0.6 is 15.9 Å². The van der Waals surface area contributed by atoms with E-state index in [0.29, 0.717) is 17.2 Å². The quantitative estimate of drug-likeness (QED) is 0.393. The largest absolute Gasteiger partial charge is 0.454 e. The fraction of sp³-hybridized carbons (Fsp3) is 0.500. The number of nitrogens with zero attached hydrogens (tertiary/aromatic N) is 2. The Morgan fingerprint density at radius 3 is 2.44 bits per heavy atom. The summed E-state index contributed by atoms with van der Waals surface area (Å²) in [6.07, 6.45) is 6.81. The molecule has 1 saturated carbocycles. The van der Waals surface area contributed by atoms with Crippen molar-refractivity contribution in [3.63, 3.8) is 0 Å². The Balaban J connectivity index is 1.44. The number of ether oxygens (including phenoxy) is 2. The molecular weight excluding hydrogens is 586 g/mol. The smallest absolute Gasteiger partial charge is 0.242 e. The van der Waals surface area contributed by atoms with E-state index in [0.717, 1.165) is 42.0 Å². The highest BCUT2D eigenvalue weighted by molar-refractivity contribution is 9.10. The van der Waals surface area contributed by atoms with Crippen molar-refractivity contribution in [2.45, 2.75) is 70.5 Å². The highest BCUT2D eigenvalue weighted by atomic mass is 79.9. The first-order valence-electron chi connectivity index (χ1n) is 13.3. The van der Waals surface area contributed by atoms with Crippen LogP contribution in [-0.2, 0) is 26.2 Å². The van der Waals surface area contributed by atoms with Crippen LogP contribution in [0.15, 0.2) is 46.9 Å². The highest BCUT2D eigenvalue weighted by Crippen LogP contribution is 2.36. The zero-order valence-electron chi connectivity index (χ0n) is 22.4. The maximum absolute atomic E-state index is 13.5. The number of carbonyl (C=O) groups excluding carboxylic acids is 2. The van der Waals surface area contributed by atoms with E-state index in [1.165, 1.54) is 10.7 Å². The summed E-state index contributed by atoms with van der Waals surface area (Å²) in [5.74, 6) is 0.677. The van der Waals surface area contributed by atoms with Gasteiger partial charge in [0.1, 0.15) is 6.04 Å². The van der Waals surface area contributed by atoms with E-state index in [9.17, 15) is 18.0 Å². The van der Waals surface area contributed by atoms with E-state index in [2.05, 4.69) is 21.2 Å². The number of nitrogens with one attached hydrogen (secondary N) is 1. The predicted octanol–water partition coefficient (Wildman–Crippen LogP) is 4.59. The normalized spacial score (nSPS) is 16.0. The van der Waals surface area contributed by atoms with Gasteiger partial charge in [0.25, 0.3) is 0 Å². The molecule has 0 radical (unpaired) electrons. The van der Waals surface area contributed by atoms with Gasteiger partial charge in [-0.25, -0.2) is 8.42 Å². The Bertz CT molecular complexity index is 1260. The summed E-state index contributed by atoms with van der Waals surface area (Å²) < 4.78 is 38.1. The lowest BCUT2D eigenvalue weighted by molar-refractivity contribution is -0.141. The van der Waals surface area contributed by atoms with Crippen molar-refractivity contribution in [1.82, 2.24) is 10.2 Å². The number of amides is 2. The molecule has 2 aliphatic rings. The van der Waals surface area contributed by atoms with Crippen LogP contribution in [0.4, 0.5) is 5.69 Å². The van der Waals surface area contributed by atoms with Crippen molar-refractivity contribution in [3.05, 3.63) is 52.5 Å². The Hall–Kier alpha value is -2.79. The fourth-order valence-electron chi connectivity index (χ4n) is 4.98. The molecule has 0 saturated heterocycles. The summed E-state index contributed by atoms with van der Waals surface area (Å²) in [6.45, 7) is 2.24. The molecule has 1 aliphatic heterocycles. The molecule has 1 fully saturated rings. The Kier molecular flexibility index (Phi) is 9.76. The molecule has 1 N–H and O–H groups in total. The van der Waals surface area contributed by atoms with Crippen molar-refractivity contribution < 1.29 is 27.5 Å². The molecular formula is C28H36BrN3O6S. The van der Waals surface area contributed by atoms with Gasteiger partial charge in [-0.1, -0.05) is 47.3 Å². The first-order valence-corrected chi connectivity index (χ1v) is 16.0. The van der Waals surface area contributed by atoms with E-state index >= 15 is 0 Å². The van der Waals surface area contributed by atoms with E-state index < -0.39 is 16.1 Å². The molecule has 0 unspecified atom stereocenters. The molecule has 0 bridgehead atoms. The number of sulfonamides is 1. The van der Waals surface area contributed by atoms with Crippen molar-refractivity contribution >= 4 is 43.5 Å². The van der Waals surface area contributed by atoms with Gasteiger partial charge in [-0.2, -0.15) is 0 Å². The maximum Gasteiger partial charge on any atom is 0.242 e. The summed E-state index contributed by atoms with van der Waals surface area (Å²) in [4.78, 5) is 28.3. The molecule has 0 spiro atoms. The van der Waals surface area contributed by atoms with Crippen molar-refractivity contribution in [2.75, 3.05) is 23.9 Å². The lowest BCUT2D eigenvalue weighted by Gasteiger charge is -2.31. The van der Waals surface area contributed by atoms with E-state index in [4.69, 9.17) is 9.47 Å². The van der Waals surface area contributed by atoms with Gasteiger partial charge in [0.2, 0.25) is 28.6 Å². The molecule has 9 nitrogen and oxygen atoms in total. The number of anilines is 1. The number of hydrogen-bond acceptors (Lipinski definition) is 6. The second-order valence-electron chi connectivity index (χ2n) is 10.1. The summed E-state index contributed by atoms with van der Waals surface area (Å²) in [7, 11) is -3.61. The number of fused-ring (bicyclic) bond motifs is 1. The van der Waals surface area contributed by atoms with Gasteiger partial charge in [0.15, 0.2) is 11.5 Å². The third kappa shape index (κ3) is 7.88. The van der Waals surface area contributed by atoms with Gasteiger partial charge < -0.3 is 19.7 Å². The maximum atomic E-state index is 13.5. The van der Waals surface area contributed by atoms with Crippen LogP contribution < -0.4 is 19.1 Å². The first kappa shape index (κ1) is 29.2. The molecule has 1 heterocycles. The van der Waals surface area contributed by atoms with Crippen LogP contribution in [0, 0.1) is 0 Å². The highest BCUT2D eigenvalue weighted by Gasteiger charge is 2.29. The zero-order chi connectivity index (χ0) is 28.0. The summed E-state index contributed by atoms with van der Waals surface area (Å²) >= 11 is 3.43. The molecule has 2 aromatic rings. The fourth-order valence-corrected chi connectivity index (χ4v) is 6.20. The topological polar surface area (TPSA) is 105 Å². The SMILES string of the molecule is C[C@@H](C(=O)NC1CCCCC1)N(Cc1ccc(Br)cc1)C(=O)CCCN(c1ccc2c(c1)OCO2)S(C)(=O)=O. The molecule has 0 aromatic heterocycles. The van der Waals surface area contributed by atoms with E-state index in [1.54, 1.807) is 30.0 Å². The predicted molar refractivity (Wildman–Crippen MR) is 153 cm³/mol. The van der Waals surface area contributed by atoms with Gasteiger partial charge in [0, 0.05) is 36.1 Å². The van der Waals surface area contributed by atoms with Crippen molar-refractivity contribution in [2.24, 2.45) is 0 Å². The average Bonchev–Trinajstić information content (AvgIpc) is 3.38. The Morgan fingerprint density at radius 2 is 1.74 bits per heavy atom. The zero-order valence-corrected chi connectivity index (χ0v) is 24.8. The summed E-state index contributed by atoms with van der Waals surface area (Å²) in [5.41, 5.74) is 1.35. The van der Waals surface area contributed by atoms with Crippen LogP contribution in [0.25, 0.3) is 0 Å². The first-order chi connectivity index (χ1) is 18.6. The number of hydrogen-bond donors (Lipinski definition) is 1. The molecule has 212 valence electrons. The van der Waals surface area contributed by atoms with Crippen LogP contribution in [0.2, 0.25) is 0 Å². The van der Waals surface area contributed by atoms with Crippen molar-refractivity contribution in [1.29, 1.82) is 0 Å². The van der Waals surface area contributed by atoms with Gasteiger partial charge in [-0.3, -0.25) is 13.9 Å². The van der Waals surface area contributed by atoms with E-state index in [1.807, 2.05) is 24.3 Å². The molecule has 2 amide bonds. The molecule has 1 atom stereocenters. The van der Waals surface area contributed by atoms with Gasteiger partial charge in [-0.15, -0.1) is 0 Å². The van der Waals surface area contributed by atoms with Gasteiger partial charge >= 0.3 is 0 Å². The molecule has 39 heavy (non-hydrogen) atoms. The van der Waals surface area contributed by atoms with Crippen LogP contribution in [0.3, 0.4) is 0 Å². The number of halogens is 1. The third-order valence-electron chi connectivity index (χ3n) is 7.18. The lowest BCUT2D eigenvalue weighted by Crippen LogP contribution is -2.50. The monoisotopic (exact) mass is 621 g/mol. The average molecular weight is 623 g/mol. The minimum Gasteiger partial charge on any atom is -0.454 e. The number of rotatable bonds is 11. The second kappa shape index (κ2) is 13.0. The number of benzene rings is 2. The molecule has 11 heteroatoms. The molecule has 4 rings (SSSR count). The number of carbonyl (C=O) groups is 2. The lowest BCUT2D eigenvalue weighted by atomic mass is 9.95. The molecule has 2 aromatic carbocycles. The second-order valence-corrected chi connectivity index (χ2v) is 13.0. The summed E-state index contributed by atoms with van der Waals surface area (Å²) in [6, 6.07) is 12.1. The van der Waals surface area contributed by atoms with Crippen molar-refractivity contribution in [3.8, 4) is 11.5 Å². The standard InChI is InChI=1S/C28H36BrN3O6S/c1-20(28(34)30-23-7-4-3-5-8-23)31(18-21-10-12-22(29)13-11-21)27(33)9-6-16-32(39(2,35)36)24-14-15-25-26(17-24)38-19-37-25/h10-15,17,20,23H,3-9,16,18-19H2,1-2H3,(H,30,34)/t20-/m0/s1. The Labute approximate surface area is 239 Å².